The van der Waals surface area contributed by atoms with Gasteiger partial charge in [-0.1, -0.05) is 0 Å². The summed E-state index contributed by atoms with van der Waals surface area (Å²) in [5.74, 6) is -0.267. The summed E-state index contributed by atoms with van der Waals surface area (Å²) in [7, 11) is 0. The number of carbonyl (C=O) groups is 1. The lowest BCUT2D eigenvalue weighted by atomic mass is 10.2. The van der Waals surface area contributed by atoms with Gasteiger partial charge in [0, 0.05) is 12.6 Å². The van der Waals surface area contributed by atoms with Crippen LogP contribution in [0.1, 0.15) is 10.4 Å². The molecule has 1 aromatic heterocycles. The molecule has 1 saturated heterocycles. The normalized spacial score (nSPS) is 20.3. The number of nitrogens with zero attached hydrogens (tertiary/aromatic N) is 1. The molecule has 17 heavy (non-hydrogen) atoms. The fraction of sp³-hybridized carbons (Fsp3) is 0.455. The molecule has 0 bridgehead atoms. The molecule has 1 fully saturated rings. The van der Waals surface area contributed by atoms with Crippen LogP contribution in [0.2, 0.25) is 0 Å². The lowest BCUT2D eigenvalue weighted by molar-refractivity contribution is -0.0185. The Balaban J connectivity index is 2.18. The summed E-state index contributed by atoms with van der Waals surface area (Å²) in [6.07, 6.45) is 1.13. The smallest absolute Gasteiger partial charge is 0.335 e. The highest BCUT2D eigenvalue weighted by Crippen LogP contribution is 2.11. The molecule has 0 aliphatic carbocycles. The van der Waals surface area contributed by atoms with E-state index in [1.54, 1.807) is 0 Å². The maximum absolute atomic E-state index is 12.1. The predicted octanol–water partition coefficient (Wildman–Crippen LogP) is -0.527. The molecule has 1 aliphatic heterocycles. The van der Waals surface area contributed by atoms with Gasteiger partial charge in [-0.3, -0.25) is 4.79 Å². The molecule has 1 N–H and O–H groups in total. The van der Waals surface area contributed by atoms with Gasteiger partial charge in [-0.15, -0.1) is 0 Å². The first-order valence-corrected chi connectivity index (χ1v) is 5.31. The van der Waals surface area contributed by atoms with Crippen LogP contribution in [0, 0.1) is 0 Å². The quantitative estimate of drug-likeness (QED) is 0.750. The average Bonchev–Trinajstić information content (AvgIpc) is 2.39. The van der Waals surface area contributed by atoms with E-state index in [0.29, 0.717) is 25.3 Å². The van der Waals surface area contributed by atoms with Crippen molar-refractivity contribution in [3.63, 3.8) is 0 Å². The number of amides is 1. The number of carbonyl (C=O) groups excluding carboxylic acids is 1. The lowest BCUT2D eigenvalue weighted by Crippen LogP contribution is -2.50. The van der Waals surface area contributed by atoms with Crippen molar-refractivity contribution in [2.45, 2.75) is 6.04 Å². The number of aliphatic hydroxyl groups excluding tert-OH is 1. The monoisotopic (exact) mass is 239 g/mol. The topological polar surface area (TPSA) is 80.0 Å². The summed E-state index contributed by atoms with van der Waals surface area (Å²) in [4.78, 5) is 24.4. The van der Waals surface area contributed by atoms with Crippen LogP contribution in [-0.2, 0) is 4.74 Å². The van der Waals surface area contributed by atoms with Crippen molar-refractivity contribution in [2.24, 2.45) is 0 Å². The first kappa shape index (κ1) is 11.8. The molecule has 1 aliphatic rings. The van der Waals surface area contributed by atoms with Gasteiger partial charge >= 0.3 is 5.63 Å². The van der Waals surface area contributed by atoms with E-state index >= 15 is 0 Å². The van der Waals surface area contributed by atoms with E-state index in [9.17, 15) is 9.59 Å². The molecule has 6 heteroatoms. The number of aliphatic hydroxyl groups is 1. The Kier molecular flexibility index (Phi) is 3.55. The highest BCUT2D eigenvalue weighted by atomic mass is 16.5. The summed E-state index contributed by atoms with van der Waals surface area (Å²) in [6, 6.07) is 2.27. The fourth-order valence-corrected chi connectivity index (χ4v) is 1.72. The molecule has 1 amide bonds. The van der Waals surface area contributed by atoms with Gasteiger partial charge in [0.05, 0.1) is 31.4 Å². The Morgan fingerprint density at radius 1 is 1.53 bits per heavy atom. The highest BCUT2D eigenvalue weighted by molar-refractivity contribution is 5.94. The largest absolute Gasteiger partial charge is 0.430 e. The third-order valence-electron chi connectivity index (χ3n) is 2.65. The van der Waals surface area contributed by atoms with E-state index in [0.717, 1.165) is 6.26 Å². The number of ether oxygens (including phenoxy) is 1. The van der Waals surface area contributed by atoms with Crippen molar-refractivity contribution < 1.29 is 19.1 Å². The minimum absolute atomic E-state index is 0.150. The molecule has 0 aromatic carbocycles. The third-order valence-corrected chi connectivity index (χ3v) is 2.65. The van der Waals surface area contributed by atoms with Gasteiger partial charge < -0.3 is 19.2 Å². The molecular weight excluding hydrogens is 226 g/mol. The Bertz CT molecular complexity index is 435. The fourth-order valence-electron chi connectivity index (χ4n) is 1.72. The molecule has 0 spiro atoms. The van der Waals surface area contributed by atoms with Gasteiger partial charge in [0.15, 0.2) is 0 Å². The van der Waals surface area contributed by atoms with Crippen LogP contribution >= 0.6 is 0 Å². The maximum atomic E-state index is 12.1. The maximum Gasteiger partial charge on any atom is 0.335 e. The Morgan fingerprint density at radius 2 is 2.35 bits per heavy atom. The summed E-state index contributed by atoms with van der Waals surface area (Å²) < 4.78 is 9.82. The second-order valence-electron chi connectivity index (χ2n) is 3.75. The zero-order valence-electron chi connectivity index (χ0n) is 9.17. The van der Waals surface area contributed by atoms with Crippen molar-refractivity contribution in [2.75, 3.05) is 26.4 Å². The number of hydrogen-bond donors (Lipinski definition) is 1. The molecule has 92 valence electrons. The van der Waals surface area contributed by atoms with Crippen molar-refractivity contribution >= 4 is 5.91 Å². The highest BCUT2D eigenvalue weighted by Gasteiger charge is 2.27. The zero-order valence-corrected chi connectivity index (χ0v) is 9.17. The van der Waals surface area contributed by atoms with Crippen molar-refractivity contribution in [3.05, 3.63) is 34.4 Å². The summed E-state index contributed by atoms with van der Waals surface area (Å²) >= 11 is 0. The van der Waals surface area contributed by atoms with E-state index < -0.39 is 5.63 Å². The van der Waals surface area contributed by atoms with E-state index in [1.807, 2.05) is 0 Å². The second kappa shape index (κ2) is 5.11. The third kappa shape index (κ3) is 2.54. The minimum atomic E-state index is -0.498. The van der Waals surface area contributed by atoms with Crippen LogP contribution < -0.4 is 5.63 Å². The van der Waals surface area contributed by atoms with Crippen molar-refractivity contribution in [1.29, 1.82) is 0 Å². The number of rotatable bonds is 2. The lowest BCUT2D eigenvalue weighted by Gasteiger charge is -2.34. The zero-order chi connectivity index (χ0) is 12.3. The van der Waals surface area contributed by atoms with E-state index in [-0.39, 0.29) is 18.6 Å². The summed E-state index contributed by atoms with van der Waals surface area (Å²) in [5, 5.41) is 9.15. The van der Waals surface area contributed by atoms with Gasteiger partial charge in [0.2, 0.25) is 0 Å². The molecule has 1 aromatic rings. The van der Waals surface area contributed by atoms with Crippen LogP contribution in [-0.4, -0.2) is 48.3 Å². The van der Waals surface area contributed by atoms with Gasteiger partial charge in [0.1, 0.15) is 6.26 Å². The average molecular weight is 239 g/mol. The molecule has 0 radical (unpaired) electrons. The Labute approximate surface area is 97.4 Å². The van der Waals surface area contributed by atoms with E-state index in [4.69, 9.17) is 9.84 Å². The molecule has 1 atom stereocenters. The van der Waals surface area contributed by atoms with Crippen LogP contribution in [0.25, 0.3) is 0 Å². The first-order valence-electron chi connectivity index (χ1n) is 5.31. The van der Waals surface area contributed by atoms with E-state index in [2.05, 4.69) is 4.42 Å². The summed E-state index contributed by atoms with van der Waals surface area (Å²) in [6.45, 7) is 1.03. The van der Waals surface area contributed by atoms with Crippen LogP contribution in [0.5, 0.6) is 0 Å². The van der Waals surface area contributed by atoms with Gasteiger partial charge in [-0.25, -0.2) is 4.79 Å². The standard InChI is InChI=1S/C11H13NO5/c13-5-9-7-16-4-3-12(9)11(15)8-1-2-10(14)17-6-8/h1-2,6,9,13H,3-5,7H2. The minimum Gasteiger partial charge on any atom is -0.430 e. The van der Waals surface area contributed by atoms with Crippen LogP contribution in [0.15, 0.2) is 27.6 Å². The SMILES string of the molecule is O=C(c1ccc(=O)oc1)N1CCOCC1CO. The molecule has 0 saturated carbocycles. The predicted molar refractivity (Wildman–Crippen MR) is 57.7 cm³/mol. The number of morpholine rings is 1. The molecule has 2 heterocycles. The van der Waals surface area contributed by atoms with Gasteiger partial charge in [0.25, 0.3) is 5.91 Å². The van der Waals surface area contributed by atoms with Crippen molar-refractivity contribution in [3.8, 4) is 0 Å². The molecule has 2 rings (SSSR count). The second-order valence-corrected chi connectivity index (χ2v) is 3.75. The molecular formula is C11H13NO5. The molecule has 1 unspecified atom stereocenters. The van der Waals surface area contributed by atoms with Gasteiger partial charge in [-0.05, 0) is 6.07 Å². The van der Waals surface area contributed by atoms with Crippen molar-refractivity contribution in [1.82, 2.24) is 4.90 Å². The van der Waals surface area contributed by atoms with E-state index in [1.165, 1.54) is 17.0 Å². The van der Waals surface area contributed by atoms with Crippen LogP contribution in [0.4, 0.5) is 0 Å². The van der Waals surface area contributed by atoms with Crippen LogP contribution in [0.3, 0.4) is 0 Å². The first-order chi connectivity index (χ1) is 8.22. The molecule has 6 nitrogen and oxygen atoms in total. The Hall–Kier alpha value is -1.66. The number of hydrogen-bond acceptors (Lipinski definition) is 5. The summed E-state index contributed by atoms with van der Waals surface area (Å²) in [5.41, 5.74) is -0.202. The Morgan fingerprint density at radius 3 is 3.00 bits per heavy atom. The van der Waals surface area contributed by atoms with Gasteiger partial charge in [-0.2, -0.15) is 0 Å².